The summed E-state index contributed by atoms with van der Waals surface area (Å²) in [5.41, 5.74) is 3.37. The summed E-state index contributed by atoms with van der Waals surface area (Å²) in [5.74, 6) is 0.972. The molecule has 0 aliphatic carbocycles. The molecule has 5 rings (SSSR count). The quantitative estimate of drug-likeness (QED) is 0.323. The van der Waals surface area contributed by atoms with Crippen molar-refractivity contribution in [1.29, 1.82) is 0 Å². The summed E-state index contributed by atoms with van der Waals surface area (Å²) < 4.78 is 0. The maximum absolute atomic E-state index is 4.96. The predicted octanol–water partition coefficient (Wildman–Crippen LogP) is 5.39. The molecule has 0 spiro atoms. The molecule has 0 saturated carbocycles. The van der Waals surface area contributed by atoms with Crippen LogP contribution in [0.25, 0.3) is 43.5 Å². The Labute approximate surface area is 164 Å². The van der Waals surface area contributed by atoms with E-state index in [-0.39, 0.29) is 0 Å². The third kappa shape index (κ3) is 2.86. The first-order valence-corrected chi connectivity index (χ1v) is 9.82. The van der Waals surface area contributed by atoms with Crippen molar-refractivity contribution in [2.45, 2.75) is 6.42 Å². The average Bonchev–Trinajstić information content (AvgIpc) is 3.07. The van der Waals surface area contributed by atoms with E-state index in [4.69, 9.17) is 4.98 Å². The number of aromatic amines is 1. The Kier molecular flexibility index (Phi) is 4.14. The van der Waals surface area contributed by atoms with Crippen LogP contribution >= 0.6 is 0 Å². The summed E-state index contributed by atoms with van der Waals surface area (Å²) in [5, 5.41) is 9.70. The third-order valence-electron chi connectivity index (χ3n) is 5.40. The van der Waals surface area contributed by atoms with E-state index < -0.39 is 0 Å². The van der Waals surface area contributed by atoms with Crippen LogP contribution in [0.3, 0.4) is 0 Å². The topological polar surface area (TPSA) is 44.0 Å². The number of rotatable bonds is 5. The molecule has 2 heterocycles. The number of nitrogens with zero attached hydrogens (tertiary/aromatic N) is 2. The number of pyridine rings is 1. The Morgan fingerprint density at radius 3 is 2.46 bits per heavy atom. The minimum absolute atomic E-state index is 0.907. The number of aromatic nitrogens is 2. The van der Waals surface area contributed by atoms with E-state index in [2.05, 4.69) is 90.0 Å². The van der Waals surface area contributed by atoms with Gasteiger partial charge in [-0.25, -0.2) is 4.98 Å². The van der Waals surface area contributed by atoms with E-state index in [1.165, 1.54) is 38.0 Å². The summed E-state index contributed by atoms with van der Waals surface area (Å²) in [6.07, 6.45) is 1.08. The molecule has 0 unspecified atom stereocenters. The van der Waals surface area contributed by atoms with Gasteiger partial charge in [0.25, 0.3) is 0 Å². The highest BCUT2D eigenvalue weighted by atomic mass is 15.1. The third-order valence-corrected chi connectivity index (χ3v) is 5.40. The van der Waals surface area contributed by atoms with Crippen LogP contribution in [0.1, 0.15) is 6.42 Å². The van der Waals surface area contributed by atoms with Gasteiger partial charge < -0.3 is 15.2 Å². The van der Waals surface area contributed by atoms with E-state index in [0.717, 1.165) is 30.8 Å². The number of anilines is 1. The van der Waals surface area contributed by atoms with Gasteiger partial charge in [0.2, 0.25) is 0 Å². The molecule has 5 aromatic rings. The first-order chi connectivity index (χ1) is 13.7. The Morgan fingerprint density at radius 1 is 0.821 bits per heavy atom. The van der Waals surface area contributed by atoms with E-state index in [1.54, 1.807) is 0 Å². The normalized spacial score (nSPS) is 12.0. The summed E-state index contributed by atoms with van der Waals surface area (Å²) >= 11 is 0. The lowest BCUT2D eigenvalue weighted by molar-refractivity contribution is 0.405. The predicted molar refractivity (Wildman–Crippen MR) is 120 cm³/mol. The van der Waals surface area contributed by atoms with Gasteiger partial charge in [0.15, 0.2) is 0 Å². The average molecular weight is 368 g/mol. The number of H-pyrrole nitrogens is 1. The van der Waals surface area contributed by atoms with Crippen LogP contribution in [0, 0.1) is 0 Å². The highest BCUT2D eigenvalue weighted by Crippen LogP contribution is 2.35. The summed E-state index contributed by atoms with van der Waals surface area (Å²) in [6.45, 7) is 1.97. The van der Waals surface area contributed by atoms with Crippen molar-refractivity contribution < 1.29 is 0 Å². The van der Waals surface area contributed by atoms with Crippen LogP contribution in [-0.2, 0) is 0 Å². The van der Waals surface area contributed by atoms with Gasteiger partial charge in [-0.05, 0) is 56.7 Å². The van der Waals surface area contributed by atoms with Crippen LogP contribution in [0.2, 0.25) is 0 Å². The van der Waals surface area contributed by atoms with Gasteiger partial charge in [0, 0.05) is 39.1 Å². The molecule has 0 amide bonds. The monoisotopic (exact) mass is 368 g/mol. The van der Waals surface area contributed by atoms with Crippen molar-refractivity contribution in [2.75, 3.05) is 32.5 Å². The van der Waals surface area contributed by atoms with Crippen LogP contribution in [0.4, 0.5) is 5.82 Å². The Hall–Kier alpha value is -3.11. The maximum Gasteiger partial charge on any atom is 0.134 e. The van der Waals surface area contributed by atoms with Crippen molar-refractivity contribution in [3.05, 3.63) is 60.7 Å². The lowest BCUT2D eigenvalue weighted by atomic mass is 10.0. The first kappa shape index (κ1) is 17.0. The van der Waals surface area contributed by atoms with Crippen LogP contribution in [0.5, 0.6) is 0 Å². The second-order valence-electron chi connectivity index (χ2n) is 7.68. The lowest BCUT2D eigenvalue weighted by Gasteiger charge is -2.13. The number of fused-ring (bicyclic) bond motifs is 6. The molecule has 0 radical (unpaired) electrons. The van der Waals surface area contributed by atoms with Gasteiger partial charge in [-0.2, -0.15) is 0 Å². The highest BCUT2D eigenvalue weighted by molar-refractivity contribution is 6.18. The molecular formula is C24H24N4. The standard InChI is InChI=1S/C24H24N4/c1-28(2)13-7-12-25-24-20-14-19-17-9-4-5-10-21(17)26-23(19)15-18(20)16-8-3-6-11-22(16)27-24/h3-6,8-11,14-15,26H,7,12-13H2,1-2H3,(H,25,27). The molecule has 4 nitrogen and oxygen atoms in total. The fourth-order valence-corrected chi connectivity index (χ4v) is 4.03. The fraction of sp³-hybridized carbons (Fsp3) is 0.208. The molecule has 3 aromatic carbocycles. The largest absolute Gasteiger partial charge is 0.369 e. The molecule has 28 heavy (non-hydrogen) atoms. The summed E-state index contributed by atoms with van der Waals surface area (Å²) in [7, 11) is 4.22. The van der Waals surface area contributed by atoms with E-state index in [0.29, 0.717) is 0 Å². The van der Waals surface area contributed by atoms with Crippen molar-refractivity contribution in [2.24, 2.45) is 0 Å². The molecule has 4 heteroatoms. The fourth-order valence-electron chi connectivity index (χ4n) is 4.03. The van der Waals surface area contributed by atoms with Crippen LogP contribution < -0.4 is 5.32 Å². The van der Waals surface area contributed by atoms with Gasteiger partial charge in [0.1, 0.15) is 5.82 Å². The second-order valence-corrected chi connectivity index (χ2v) is 7.68. The molecule has 0 aliphatic heterocycles. The molecule has 2 N–H and O–H groups in total. The number of hydrogen-bond donors (Lipinski definition) is 2. The van der Waals surface area contributed by atoms with Gasteiger partial charge in [-0.3, -0.25) is 0 Å². The number of hydrogen-bond acceptors (Lipinski definition) is 3. The van der Waals surface area contributed by atoms with Gasteiger partial charge in [0.05, 0.1) is 5.52 Å². The van der Waals surface area contributed by atoms with Gasteiger partial charge >= 0.3 is 0 Å². The Bertz CT molecular complexity index is 1300. The summed E-state index contributed by atoms with van der Waals surface area (Å²) in [4.78, 5) is 10.7. The van der Waals surface area contributed by atoms with Gasteiger partial charge in [-0.15, -0.1) is 0 Å². The minimum atomic E-state index is 0.907. The number of nitrogens with one attached hydrogen (secondary N) is 2. The van der Waals surface area contributed by atoms with Crippen molar-refractivity contribution in [3.8, 4) is 0 Å². The first-order valence-electron chi connectivity index (χ1n) is 9.82. The van der Waals surface area contributed by atoms with E-state index in [9.17, 15) is 0 Å². The Morgan fingerprint density at radius 2 is 1.61 bits per heavy atom. The minimum Gasteiger partial charge on any atom is -0.369 e. The zero-order valence-corrected chi connectivity index (χ0v) is 16.3. The molecule has 0 fully saturated rings. The molecule has 0 saturated heterocycles. The van der Waals surface area contributed by atoms with E-state index >= 15 is 0 Å². The summed E-state index contributed by atoms with van der Waals surface area (Å²) in [6, 6.07) is 21.4. The highest BCUT2D eigenvalue weighted by Gasteiger charge is 2.12. The lowest BCUT2D eigenvalue weighted by Crippen LogP contribution is -2.16. The zero-order chi connectivity index (χ0) is 19.1. The molecular weight excluding hydrogens is 344 g/mol. The van der Waals surface area contributed by atoms with Crippen molar-refractivity contribution >= 4 is 49.3 Å². The molecule has 2 aromatic heterocycles. The SMILES string of the molecule is CN(C)CCCNc1nc2ccccc2c2cc3[nH]c4ccccc4c3cc12. The molecule has 140 valence electrons. The van der Waals surface area contributed by atoms with E-state index in [1.807, 2.05) is 0 Å². The smallest absolute Gasteiger partial charge is 0.134 e. The van der Waals surface area contributed by atoms with Gasteiger partial charge in [-0.1, -0.05) is 36.4 Å². The van der Waals surface area contributed by atoms with Crippen LogP contribution in [0.15, 0.2) is 60.7 Å². The van der Waals surface area contributed by atoms with Crippen LogP contribution in [-0.4, -0.2) is 42.1 Å². The Balaban J connectivity index is 1.72. The van der Waals surface area contributed by atoms with Crippen molar-refractivity contribution in [3.63, 3.8) is 0 Å². The zero-order valence-electron chi connectivity index (χ0n) is 16.3. The second kappa shape index (κ2) is 6.80. The molecule has 0 aliphatic rings. The molecule has 0 atom stereocenters. The number of benzene rings is 3. The number of para-hydroxylation sites is 2. The maximum atomic E-state index is 4.96. The molecule has 0 bridgehead atoms. The van der Waals surface area contributed by atoms with Crippen molar-refractivity contribution in [1.82, 2.24) is 14.9 Å².